The molecule has 3 nitrogen and oxygen atoms in total. The van der Waals surface area contributed by atoms with E-state index in [-0.39, 0.29) is 17.1 Å². The summed E-state index contributed by atoms with van der Waals surface area (Å²) in [5.74, 6) is -0.887. The van der Waals surface area contributed by atoms with Crippen LogP contribution >= 0.6 is 11.6 Å². The van der Waals surface area contributed by atoms with Crippen LogP contribution in [0.1, 0.15) is 24.8 Å². The molecule has 1 aromatic carbocycles. The highest BCUT2D eigenvalue weighted by molar-refractivity contribution is 6.30. The highest BCUT2D eigenvalue weighted by Crippen LogP contribution is 2.33. The number of carboxylic acid groups (broad SMARTS) is 1. The number of carboxylic acids is 1. The zero-order valence-corrected chi connectivity index (χ0v) is 10.7. The van der Waals surface area contributed by atoms with E-state index >= 15 is 0 Å². The summed E-state index contributed by atoms with van der Waals surface area (Å²) in [6.07, 6.45) is -3.37. The van der Waals surface area contributed by atoms with Gasteiger partial charge in [0, 0.05) is 23.7 Å². The fourth-order valence-electron chi connectivity index (χ4n) is 1.49. The maximum atomic E-state index is 12.5. The number of aliphatic carboxylic acids is 1. The molecule has 0 fully saturated rings. The predicted octanol–water partition coefficient (Wildman–Crippen LogP) is 4.03. The molecule has 1 aromatic rings. The van der Waals surface area contributed by atoms with Crippen molar-refractivity contribution in [2.75, 3.05) is 11.9 Å². The summed E-state index contributed by atoms with van der Waals surface area (Å²) in [5.41, 5.74) is -0.539. The van der Waals surface area contributed by atoms with Crippen LogP contribution in [0.5, 0.6) is 0 Å². The van der Waals surface area contributed by atoms with Crippen LogP contribution in [-0.4, -0.2) is 17.6 Å². The second-order valence-electron chi connectivity index (χ2n) is 4.00. The zero-order chi connectivity index (χ0) is 14.5. The fraction of sp³-hybridized carbons (Fsp3) is 0.417. The summed E-state index contributed by atoms with van der Waals surface area (Å²) in [4.78, 5) is 10.3. The first-order valence-electron chi connectivity index (χ1n) is 5.62. The standard InChI is InChI=1S/C12H13ClF3NO2/c13-9-5-8(12(14,15)16)6-10(7-9)17-4-2-1-3-11(18)19/h5-7,17H,1-4H2,(H,18,19). The molecule has 0 heterocycles. The fourth-order valence-corrected chi connectivity index (χ4v) is 1.72. The van der Waals surface area contributed by atoms with Gasteiger partial charge >= 0.3 is 12.1 Å². The largest absolute Gasteiger partial charge is 0.481 e. The number of nitrogens with one attached hydrogen (secondary N) is 1. The van der Waals surface area contributed by atoms with E-state index < -0.39 is 17.7 Å². The Hall–Kier alpha value is -1.43. The first-order valence-corrected chi connectivity index (χ1v) is 6.00. The molecule has 0 saturated heterocycles. The molecular weight excluding hydrogens is 283 g/mol. The summed E-state index contributed by atoms with van der Waals surface area (Å²) >= 11 is 5.62. The van der Waals surface area contributed by atoms with Crippen molar-refractivity contribution < 1.29 is 23.1 Å². The molecular formula is C12H13ClF3NO2. The van der Waals surface area contributed by atoms with E-state index in [9.17, 15) is 18.0 Å². The lowest BCUT2D eigenvalue weighted by molar-refractivity contribution is -0.138. The lowest BCUT2D eigenvalue weighted by Gasteiger charge is -2.11. The van der Waals surface area contributed by atoms with E-state index in [2.05, 4.69) is 5.32 Å². The molecule has 0 atom stereocenters. The zero-order valence-electron chi connectivity index (χ0n) is 9.93. The Kier molecular flexibility index (Phi) is 5.47. The molecule has 0 saturated carbocycles. The maximum absolute atomic E-state index is 12.5. The molecule has 0 radical (unpaired) electrons. The Balaban J connectivity index is 2.54. The van der Waals surface area contributed by atoms with Gasteiger partial charge in [-0.05, 0) is 31.0 Å². The van der Waals surface area contributed by atoms with E-state index in [4.69, 9.17) is 16.7 Å². The van der Waals surface area contributed by atoms with Gasteiger partial charge in [-0.2, -0.15) is 13.2 Å². The van der Waals surface area contributed by atoms with E-state index in [1.54, 1.807) is 0 Å². The topological polar surface area (TPSA) is 49.3 Å². The molecule has 0 bridgehead atoms. The lowest BCUT2D eigenvalue weighted by atomic mass is 10.2. The predicted molar refractivity (Wildman–Crippen MR) is 66.4 cm³/mol. The van der Waals surface area contributed by atoms with Crippen molar-refractivity contribution in [3.63, 3.8) is 0 Å². The van der Waals surface area contributed by atoms with Gasteiger partial charge in [-0.15, -0.1) is 0 Å². The summed E-state index contributed by atoms with van der Waals surface area (Å²) in [6, 6.07) is 3.23. The summed E-state index contributed by atoms with van der Waals surface area (Å²) < 4.78 is 37.6. The van der Waals surface area contributed by atoms with Crippen molar-refractivity contribution in [2.45, 2.75) is 25.4 Å². The molecule has 0 aromatic heterocycles. The minimum atomic E-state index is -4.44. The number of halogens is 4. The van der Waals surface area contributed by atoms with Gasteiger partial charge in [0.15, 0.2) is 0 Å². The Labute approximate surface area is 113 Å². The number of unbranched alkanes of at least 4 members (excludes halogenated alkanes) is 1. The molecule has 0 aliphatic carbocycles. The quantitative estimate of drug-likeness (QED) is 0.779. The van der Waals surface area contributed by atoms with Gasteiger partial charge in [-0.25, -0.2) is 0 Å². The number of rotatable bonds is 6. The third-order valence-corrected chi connectivity index (χ3v) is 2.59. The second kappa shape index (κ2) is 6.65. The van der Waals surface area contributed by atoms with Crippen molar-refractivity contribution in [1.29, 1.82) is 0 Å². The van der Waals surface area contributed by atoms with E-state index in [1.807, 2.05) is 0 Å². The summed E-state index contributed by atoms with van der Waals surface area (Å²) in [6.45, 7) is 0.394. The average molecular weight is 296 g/mol. The van der Waals surface area contributed by atoms with Gasteiger partial charge < -0.3 is 10.4 Å². The van der Waals surface area contributed by atoms with Crippen LogP contribution in [-0.2, 0) is 11.0 Å². The van der Waals surface area contributed by atoms with E-state index in [0.717, 1.165) is 12.1 Å². The van der Waals surface area contributed by atoms with Crippen molar-refractivity contribution in [2.24, 2.45) is 0 Å². The highest BCUT2D eigenvalue weighted by Gasteiger charge is 2.31. The van der Waals surface area contributed by atoms with Crippen molar-refractivity contribution in [3.05, 3.63) is 28.8 Å². The van der Waals surface area contributed by atoms with E-state index in [0.29, 0.717) is 19.4 Å². The SMILES string of the molecule is O=C(O)CCCCNc1cc(Cl)cc(C(F)(F)F)c1. The van der Waals surface area contributed by atoms with Gasteiger partial charge in [0.2, 0.25) is 0 Å². The van der Waals surface area contributed by atoms with Gasteiger partial charge in [0.1, 0.15) is 0 Å². The number of benzene rings is 1. The molecule has 0 amide bonds. The van der Waals surface area contributed by atoms with Gasteiger partial charge in [0.25, 0.3) is 0 Å². The highest BCUT2D eigenvalue weighted by atomic mass is 35.5. The Morgan fingerprint density at radius 2 is 1.95 bits per heavy atom. The van der Waals surface area contributed by atoms with Crippen molar-refractivity contribution >= 4 is 23.3 Å². The number of hydrogen-bond acceptors (Lipinski definition) is 2. The Morgan fingerprint density at radius 3 is 2.53 bits per heavy atom. The Bertz CT molecular complexity index is 449. The number of anilines is 1. The third-order valence-electron chi connectivity index (χ3n) is 2.37. The molecule has 1 rings (SSSR count). The van der Waals surface area contributed by atoms with Gasteiger partial charge in [-0.1, -0.05) is 11.6 Å². The number of hydrogen-bond donors (Lipinski definition) is 2. The minimum absolute atomic E-state index is 0.00265. The molecule has 106 valence electrons. The van der Waals surface area contributed by atoms with Crippen LogP contribution in [0.2, 0.25) is 5.02 Å². The van der Waals surface area contributed by atoms with Gasteiger partial charge in [0.05, 0.1) is 5.56 Å². The van der Waals surface area contributed by atoms with Crippen LogP contribution < -0.4 is 5.32 Å². The normalized spacial score (nSPS) is 11.4. The Morgan fingerprint density at radius 1 is 1.26 bits per heavy atom. The molecule has 0 unspecified atom stereocenters. The molecule has 2 N–H and O–H groups in total. The van der Waals surface area contributed by atoms with Crippen LogP contribution in [0.3, 0.4) is 0 Å². The first kappa shape index (κ1) is 15.6. The number of alkyl halides is 3. The summed E-state index contributed by atoms with van der Waals surface area (Å²) in [5, 5.41) is 11.2. The summed E-state index contributed by atoms with van der Waals surface area (Å²) in [7, 11) is 0. The molecule has 19 heavy (non-hydrogen) atoms. The second-order valence-corrected chi connectivity index (χ2v) is 4.44. The smallest absolute Gasteiger partial charge is 0.416 e. The van der Waals surface area contributed by atoms with Crippen molar-refractivity contribution in [1.82, 2.24) is 0 Å². The lowest BCUT2D eigenvalue weighted by Crippen LogP contribution is -2.07. The molecule has 0 aliphatic heterocycles. The van der Waals surface area contributed by atoms with Gasteiger partial charge in [-0.3, -0.25) is 4.79 Å². The van der Waals surface area contributed by atoms with Crippen LogP contribution in [0.4, 0.5) is 18.9 Å². The molecule has 0 spiro atoms. The van der Waals surface area contributed by atoms with Crippen LogP contribution in [0.25, 0.3) is 0 Å². The maximum Gasteiger partial charge on any atom is 0.416 e. The van der Waals surface area contributed by atoms with Crippen LogP contribution in [0.15, 0.2) is 18.2 Å². The third kappa shape index (κ3) is 5.83. The average Bonchev–Trinajstić information content (AvgIpc) is 2.26. The molecule has 7 heteroatoms. The van der Waals surface area contributed by atoms with Crippen LogP contribution in [0, 0.1) is 0 Å². The van der Waals surface area contributed by atoms with Crippen molar-refractivity contribution in [3.8, 4) is 0 Å². The monoisotopic (exact) mass is 295 g/mol. The number of carbonyl (C=O) groups is 1. The minimum Gasteiger partial charge on any atom is -0.481 e. The molecule has 0 aliphatic rings. The first-order chi connectivity index (χ1) is 8.79. The van der Waals surface area contributed by atoms with E-state index in [1.165, 1.54) is 6.07 Å².